The van der Waals surface area contributed by atoms with Crippen LogP contribution in [0.4, 0.5) is 0 Å². The first-order valence-electron chi connectivity index (χ1n) is 5.68. The van der Waals surface area contributed by atoms with Gasteiger partial charge >= 0.3 is 0 Å². The van der Waals surface area contributed by atoms with E-state index in [0.29, 0.717) is 12.1 Å². The first-order valence-corrected chi connectivity index (χ1v) is 5.68. The first-order chi connectivity index (χ1) is 7.75. The van der Waals surface area contributed by atoms with E-state index < -0.39 is 0 Å². The zero-order valence-corrected chi connectivity index (χ0v) is 9.29. The quantitative estimate of drug-likeness (QED) is 0.670. The molecule has 2 nitrogen and oxygen atoms in total. The van der Waals surface area contributed by atoms with Crippen LogP contribution in [0, 0.1) is 6.92 Å². The average molecular weight is 211 g/mol. The average Bonchev–Trinajstić information content (AvgIpc) is 2.28. The lowest BCUT2D eigenvalue weighted by molar-refractivity contribution is 0.0967. The van der Waals surface area contributed by atoms with Gasteiger partial charge < -0.3 is 0 Å². The molecule has 0 unspecified atom stereocenters. The number of fused-ring (bicyclic) bond motifs is 2. The summed E-state index contributed by atoms with van der Waals surface area (Å²) in [6.07, 6.45) is 2.60. The number of carbonyl (C=O) groups excluding carboxylic acids is 1. The molecule has 0 aliphatic heterocycles. The van der Waals surface area contributed by atoms with Gasteiger partial charge in [0.15, 0.2) is 5.78 Å². The Balaban J connectivity index is 2.35. The van der Waals surface area contributed by atoms with E-state index in [2.05, 4.69) is 17.1 Å². The SMILES string of the molecule is Cc1cccc2cc3c(nc12)C(=O)CCC3. The summed E-state index contributed by atoms with van der Waals surface area (Å²) in [6.45, 7) is 2.04. The molecule has 0 saturated heterocycles. The lowest BCUT2D eigenvalue weighted by Gasteiger charge is -2.15. The molecule has 1 heterocycles. The lowest BCUT2D eigenvalue weighted by Crippen LogP contribution is -2.13. The van der Waals surface area contributed by atoms with Crippen LogP contribution >= 0.6 is 0 Å². The smallest absolute Gasteiger partial charge is 0.181 e. The molecule has 0 amide bonds. The molecule has 2 heteroatoms. The maximum Gasteiger partial charge on any atom is 0.181 e. The Morgan fingerprint density at radius 2 is 2.12 bits per heavy atom. The number of benzene rings is 1. The van der Waals surface area contributed by atoms with Crippen molar-refractivity contribution in [3.8, 4) is 0 Å². The summed E-state index contributed by atoms with van der Waals surface area (Å²) in [4.78, 5) is 16.3. The summed E-state index contributed by atoms with van der Waals surface area (Å²) in [7, 11) is 0. The third-order valence-electron chi connectivity index (χ3n) is 3.24. The van der Waals surface area contributed by atoms with Crippen molar-refractivity contribution in [3.63, 3.8) is 0 Å². The molecule has 0 fully saturated rings. The molecule has 0 saturated carbocycles. The molecule has 1 aliphatic rings. The highest BCUT2D eigenvalue weighted by molar-refractivity contribution is 5.99. The summed E-state index contributed by atoms with van der Waals surface area (Å²) < 4.78 is 0. The number of hydrogen-bond acceptors (Lipinski definition) is 2. The molecule has 80 valence electrons. The second kappa shape index (κ2) is 3.41. The fourth-order valence-electron chi connectivity index (χ4n) is 2.38. The summed E-state index contributed by atoms with van der Waals surface area (Å²) >= 11 is 0. The fourth-order valence-corrected chi connectivity index (χ4v) is 2.38. The topological polar surface area (TPSA) is 30.0 Å². The Morgan fingerprint density at radius 3 is 3.00 bits per heavy atom. The number of aromatic nitrogens is 1. The van der Waals surface area contributed by atoms with Crippen molar-refractivity contribution in [2.75, 3.05) is 0 Å². The minimum absolute atomic E-state index is 0.200. The molecule has 16 heavy (non-hydrogen) atoms. The number of aryl methyl sites for hydroxylation is 2. The van der Waals surface area contributed by atoms with E-state index >= 15 is 0 Å². The zero-order valence-electron chi connectivity index (χ0n) is 9.29. The van der Waals surface area contributed by atoms with Crippen LogP contribution < -0.4 is 0 Å². The van der Waals surface area contributed by atoms with Gasteiger partial charge in [-0.2, -0.15) is 0 Å². The summed E-state index contributed by atoms with van der Waals surface area (Å²) in [5.41, 5.74) is 3.93. The Morgan fingerprint density at radius 1 is 1.25 bits per heavy atom. The number of hydrogen-bond donors (Lipinski definition) is 0. The second-order valence-electron chi connectivity index (χ2n) is 4.42. The third-order valence-corrected chi connectivity index (χ3v) is 3.24. The minimum Gasteiger partial charge on any atom is -0.292 e. The van der Waals surface area contributed by atoms with Gasteiger partial charge in [-0.05, 0) is 37.0 Å². The third kappa shape index (κ3) is 1.33. The van der Waals surface area contributed by atoms with Crippen LogP contribution in [-0.2, 0) is 6.42 Å². The van der Waals surface area contributed by atoms with Gasteiger partial charge in [-0.3, -0.25) is 4.79 Å². The molecule has 1 aliphatic carbocycles. The summed E-state index contributed by atoms with van der Waals surface area (Å²) in [6, 6.07) is 8.27. The van der Waals surface area contributed by atoms with Crippen molar-refractivity contribution >= 4 is 16.7 Å². The van der Waals surface area contributed by atoms with Crippen LogP contribution in [0.15, 0.2) is 24.3 Å². The lowest BCUT2D eigenvalue weighted by atomic mass is 9.93. The Kier molecular flexibility index (Phi) is 2.03. The van der Waals surface area contributed by atoms with Gasteiger partial charge in [0.05, 0.1) is 5.52 Å². The van der Waals surface area contributed by atoms with Crippen LogP contribution in [-0.4, -0.2) is 10.8 Å². The molecule has 0 N–H and O–H groups in total. The van der Waals surface area contributed by atoms with Gasteiger partial charge in [-0.25, -0.2) is 4.98 Å². The molecular weight excluding hydrogens is 198 g/mol. The van der Waals surface area contributed by atoms with Crippen molar-refractivity contribution < 1.29 is 4.79 Å². The molecular formula is C14H13NO. The molecule has 0 spiro atoms. The van der Waals surface area contributed by atoms with Crippen LogP contribution in [0.3, 0.4) is 0 Å². The van der Waals surface area contributed by atoms with Crippen molar-refractivity contribution in [1.29, 1.82) is 0 Å². The predicted octanol–water partition coefficient (Wildman–Crippen LogP) is 3.06. The first kappa shape index (κ1) is 9.52. The maximum absolute atomic E-state index is 11.8. The number of Topliss-reactive ketones (excluding diaryl/α,β-unsaturated/α-hetero) is 1. The van der Waals surface area contributed by atoms with E-state index in [1.165, 1.54) is 0 Å². The van der Waals surface area contributed by atoms with E-state index in [1.807, 2.05) is 19.1 Å². The van der Waals surface area contributed by atoms with Gasteiger partial charge in [-0.15, -0.1) is 0 Å². The monoisotopic (exact) mass is 211 g/mol. The van der Waals surface area contributed by atoms with Crippen molar-refractivity contribution in [3.05, 3.63) is 41.1 Å². The Bertz CT molecular complexity index is 587. The Hall–Kier alpha value is -1.70. The number of carbonyl (C=O) groups is 1. The van der Waals surface area contributed by atoms with E-state index in [0.717, 1.165) is 34.9 Å². The number of para-hydroxylation sites is 1. The van der Waals surface area contributed by atoms with Gasteiger partial charge in [-0.1, -0.05) is 18.2 Å². The largest absolute Gasteiger partial charge is 0.292 e. The van der Waals surface area contributed by atoms with Gasteiger partial charge in [0.2, 0.25) is 0 Å². The molecule has 1 aromatic heterocycles. The minimum atomic E-state index is 0.200. The highest BCUT2D eigenvalue weighted by Crippen LogP contribution is 2.25. The van der Waals surface area contributed by atoms with E-state index in [-0.39, 0.29) is 5.78 Å². The number of pyridine rings is 1. The summed E-state index contributed by atoms with van der Waals surface area (Å²) in [5, 5.41) is 1.15. The molecule has 0 radical (unpaired) electrons. The van der Waals surface area contributed by atoms with E-state index in [4.69, 9.17) is 0 Å². The fraction of sp³-hybridized carbons (Fsp3) is 0.286. The van der Waals surface area contributed by atoms with E-state index in [1.54, 1.807) is 0 Å². The molecule has 0 atom stereocenters. The van der Waals surface area contributed by atoms with Crippen molar-refractivity contribution in [1.82, 2.24) is 4.98 Å². The van der Waals surface area contributed by atoms with Crippen molar-refractivity contribution in [2.45, 2.75) is 26.2 Å². The molecule has 3 rings (SSSR count). The van der Waals surface area contributed by atoms with Crippen molar-refractivity contribution in [2.24, 2.45) is 0 Å². The van der Waals surface area contributed by atoms with Crippen LogP contribution in [0.5, 0.6) is 0 Å². The number of ketones is 1. The number of rotatable bonds is 0. The Labute approximate surface area is 94.3 Å². The highest BCUT2D eigenvalue weighted by Gasteiger charge is 2.19. The standard InChI is InChI=1S/C14H13NO/c1-9-4-2-5-10-8-11-6-3-7-12(16)14(11)15-13(9)10/h2,4-5,8H,3,6-7H2,1H3. The maximum atomic E-state index is 11.8. The molecule has 0 bridgehead atoms. The van der Waals surface area contributed by atoms with Gasteiger partial charge in [0.25, 0.3) is 0 Å². The van der Waals surface area contributed by atoms with Crippen LogP contribution in [0.25, 0.3) is 10.9 Å². The van der Waals surface area contributed by atoms with Gasteiger partial charge in [0.1, 0.15) is 5.69 Å². The summed E-state index contributed by atoms with van der Waals surface area (Å²) in [5.74, 6) is 0.200. The normalized spacial score (nSPS) is 15.2. The molecule has 1 aromatic carbocycles. The second-order valence-corrected chi connectivity index (χ2v) is 4.42. The van der Waals surface area contributed by atoms with Crippen LogP contribution in [0.1, 0.15) is 34.5 Å². The van der Waals surface area contributed by atoms with E-state index in [9.17, 15) is 4.79 Å². The van der Waals surface area contributed by atoms with Crippen LogP contribution in [0.2, 0.25) is 0 Å². The van der Waals surface area contributed by atoms with Gasteiger partial charge in [0, 0.05) is 11.8 Å². The predicted molar refractivity (Wildman–Crippen MR) is 63.7 cm³/mol. The highest BCUT2D eigenvalue weighted by atomic mass is 16.1. The zero-order chi connectivity index (χ0) is 11.1. The number of nitrogens with zero attached hydrogens (tertiary/aromatic N) is 1. The molecule has 2 aromatic rings.